The van der Waals surface area contributed by atoms with E-state index in [1.165, 1.54) is 0 Å². The van der Waals surface area contributed by atoms with E-state index in [2.05, 4.69) is 10.00 Å². The summed E-state index contributed by atoms with van der Waals surface area (Å²) in [7, 11) is 0. The Morgan fingerprint density at radius 3 is 2.68 bits per heavy atom. The first-order valence-electron chi connectivity index (χ1n) is 10.1. The molecule has 28 heavy (non-hydrogen) atoms. The Bertz CT molecular complexity index is 799. The average molecular weight is 384 g/mol. The third-order valence-corrected chi connectivity index (χ3v) is 5.75. The predicted molar refractivity (Wildman–Crippen MR) is 105 cm³/mol. The zero-order chi connectivity index (χ0) is 19.5. The molecule has 0 spiro atoms. The highest BCUT2D eigenvalue weighted by Crippen LogP contribution is 2.26. The summed E-state index contributed by atoms with van der Waals surface area (Å²) in [6.45, 7) is 6.36. The number of aromatic nitrogens is 2. The van der Waals surface area contributed by atoms with Gasteiger partial charge in [0.05, 0.1) is 24.5 Å². The van der Waals surface area contributed by atoms with Crippen LogP contribution in [0.3, 0.4) is 0 Å². The van der Waals surface area contributed by atoms with Crippen LogP contribution in [0.5, 0.6) is 0 Å². The predicted octanol–water partition coefficient (Wildman–Crippen LogP) is 2.40. The molecule has 1 N–H and O–H groups in total. The lowest BCUT2D eigenvalue weighted by Gasteiger charge is -2.39. The number of aliphatic hydroxyl groups excluding tert-OH is 1. The zero-order valence-electron chi connectivity index (χ0n) is 16.3. The fourth-order valence-electron chi connectivity index (χ4n) is 4.19. The van der Waals surface area contributed by atoms with Gasteiger partial charge in [0.2, 0.25) is 0 Å². The minimum Gasteiger partial charge on any atom is -0.450 e. The van der Waals surface area contributed by atoms with E-state index in [1.54, 1.807) is 0 Å². The molecule has 1 aromatic carbocycles. The fourth-order valence-corrected chi connectivity index (χ4v) is 4.19. The molecule has 1 saturated heterocycles. The van der Waals surface area contributed by atoms with Crippen LogP contribution in [-0.4, -0.2) is 63.1 Å². The molecule has 3 heterocycles. The van der Waals surface area contributed by atoms with E-state index in [1.807, 2.05) is 52.9 Å². The number of likely N-dealkylation sites (tertiary alicyclic amines) is 1. The smallest absolute Gasteiger partial charge is 0.409 e. The van der Waals surface area contributed by atoms with E-state index in [0.29, 0.717) is 18.3 Å². The molecule has 150 valence electrons. The van der Waals surface area contributed by atoms with Crippen molar-refractivity contribution < 1.29 is 14.6 Å². The van der Waals surface area contributed by atoms with Gasteiger partial charge < -0.3 is 14.7 Å². The minimum absolute atomic E-state index is 0.197. The van der Waals surface area contributed by atoms with Gasteiger partial charge in [-0.1, -0.05) is 30.3 Å². The van der Waals surface area contributed by atoms with Crippen molar-refractivity contribution in [3.8, 4) is 0 Å². The highest BCUT2D eigenvalue weighted by atomic mass is 16.6. The molecule has 1 atom stereocenters. The van der Waals surface area contributed by atoms with Gasteiger partial charge >= 0.3 is 6.09 Å². The van der Waals surface area contributed by atoms with Gasteiger partial charge in [-0.15, -0.1) is 0 Å². The average Bonchev–Trinajstić information content (AvgIpc) is 3.17. The number of piperidine rings is 1. The molecular weight excluding hydrogens is 356 g/mol. The Morgan fingerprint density at radius 1 is 1.21 bits per heavy atom. The number of hydrogen-bond donors (Lipinski definition) is 1. The van der Waals surface area contributed by atoms with Crippen molar-refractivity contribution >= 4 is 6.09 Å². The summed E-state index contributed by atoms with van der Waals surface area (Å²) in [6, 6.07) is 12.1. The van der Waals surface area contributed by atoms with Crippen LogP contribution in [0.4, 0.5) is 4.79 Å². The van der Waals surface area contributed by atoms with Crippen molar-refractivity contribution in [2.75, 3.05) is 26.2 Å². The van der Waals surface area contributed by atoms with Crippen LogP contribution in [0, 0.1) is 0 Å². The molecule has 1 amide bonds. The van der Waals surface area contributed by atoms with Crippen molar-refractivity contribution in [1.82, 2.24) is 19.6 Å². The van der Waals surface area contributed by atoms with E-state index in [0.717, 1.165) is 56.8 Å². The summed E-state index contributed by atoms with van der Waals surface area (Å²) in [5, 5.41) is 15.3. The Hall–Kier alpha value is -2.38. The summed E-state index contributed by atoms with van der Waals surface area (Å²) in [5.74, 6) is 0. The number of benzene rings is 1. The minimum atomic E-state index is -0.694. The van der Waals surface area contributed by atoms with E-state index in [4.69, 9.17) is 4.74 Å². The Labute approximate surface area is 165 Å². The first-order valence-corrected chi connectivity index (χ1v) is 10.1. The van der Waals surface area contributed by atoms with Crippen LogP contribution in [-0.2, 0) is 17.8 Å². The van der Waals surface area contributed by atoms with Gasteiger partial charge in [0.15, 0.2) is 0 Å². The normalized spacial score (nSPS) is 19.3. The maximum atomic E-state index is 11.9. The first-order chi connectivity index (χ1) is 13.7. The molecule has 1 fully saturated rings. The molecule has 0 aliphatic carbocycles. The van der Waals surface area contributed by atoms with Crippen molar-refractivity contribution in [3.05, 3.63) is 53.3 Å². The highest BCUT2D eigenvalue weighted by Gasteiger charge is 2.30. The first kappa shape index (κ1) is 19.0. The van der Waals surface area contributed by atoms with Crippen LogP contribution in [0.2, 0.25) is 0 Å². The second-order valence-electron chi connectivity index (χ2n) is 7.48. The van der Waals surface area contributed by atoms with Gasteiger partial charge in [0.25, 0.3) is 0 Å². The highest BCUT2D eigenvalue weighted by molar-refractivity contribution is 5.67. The Kier molecular flexibility index (Phi) is 5.64. The number of fused-ring (bicyclic) bond motifs is 1. The van der Waals surface area contributed by atoms with Gasteiger partial charge in [0.1, 0.15) is 6.10 Å². The maximum Gasteiger partial charge on any atom is 0.409 e. The van der Waals surface area contributed by atoms with Crippen LogP contribution in [0.15, 0.2) is 36.4 Å². The summed E-state index contributed by atoms with van der Waals surface area (Å²) in [6.07, 6.45) is 1.04. The number of aliphatic hydroxyl groups is 1. The van der Waals surface area contributed by atoms with Gasteiger partial charge in [-0.05, 0) is 31.4 Å². The number of rotatable bonds is 4. The number of carbonyl (C=O) groups excluding carboxylic acids is 1. The molecule has 4 rings (SSSR count). The second kappa shape index (κ2) is 8.32. The number of nitrogens with zero attached hydrogens (tertiary/aromatic N) is 4. The number of carbonyl (C=O) groups is 1. The number of hydrogen-bond acceptors (Lipinski definition) is 5. The van der Waals surface area contributed by atoms with Crippen LogP contribution in [0.25, 0.3) is 0 Å². The molecule has 2 aromatic rings. The third-order valence-electron chi connectivity index (χ3n) is 5.75. The lowest BCUT2D eigenvalue weighted by molar-refractivity contribution is 0.0647. The molecule has 0 unspecified atom stereocenters. The van der Waals surface area contributed by atoms with Gasteiger partial charge in [-0.3, -0.25) is 9.58 Å². The number of ether oxygens (including phenoxy) is 1. The summed E-state index contributed by atoms with van der Waals surface area (Å²) in [5.41, 5.74) is 2.71. The topological polar surface area (TPSA) is 70.8 Å². The van der Waals surface area contributed by atoms with Gasteiger partial charge in [0, 0.05) is 32.2 Å². The SMILES string of the molecule is CCOC(=O)N1CCC(N2CCn3nc([C@H](O)c4ccccc4)cc3C2)CC1. The van der Waals surface area contributed by atoms with E-state index >= 15 is 0 Å². The molecule has 7 heteroatoms. The maximum absolute atomic E-state index is 11.9. The van der Waals surface area contributed by atoms with E-state index in [9.17, 15) is 9.90 Å². The van der Waals surface area contributed by atoms with Crippen LogP contribution >= 0.6 is 0 Å². The second-order valence-corrected chi connectivity index (χ2v) is 7.48. The Balaban J connectivity index is 1.38. The summed E-state index contributed by atoms with van der Waals surface area (Å²) >= 11 is 0. The molecule has 0 saturated carbocycles. The largest absolute Gasteiger partial charge is 0.450 e. The van der Waals surface area contributed by atoms with Gasteiger partial charge in [-0.2, -0.15) is 5.10 Å². The molecule has 1 aromatic heterocycles. The molecule has 2 aliphatic heterocycles. The summed E-state index contributed by atoms with van der Waals surface area (Å²) in [4.78, 5) is 16.2. The van der Waals surface area contributed by atoms with Crippen molar-refractivity contribution in [3.63, 3.8) is 0 Å². The quantitative estimate of drug-likeness (QED) is 0.877. The lowest BCUT2D eigenvalue weighted by atomic mass is 10.0. The van der Waals surface area contributed by atoms with E-state index in [-0.39, 0.29) is 6.09 Å². The molecule has 0 radical (unpaired) electrons. The van der Waals surface area contributed by atoms with Crippen LogP contribution < -0.4 is 0 Å². The number of amides is 1. The van der Waals surface area contributed by atoms with Crippen molar-refractivity contribution in [2.24, 2.45) is 0 Å². The molecular formula is C21H28N4O3. The molecule has 2 aliphatic rings. The fraction of sp³-hybridized carbons (Fsp3) is 0.524. The molecule has 0 bridgehead atoms. The third kappa shape index (κ3) is 3.91. The standard InChI is InChI=1S/C21H28N4O3/c1-2-28-21(27)23-10-8-17(9-11-23)24-12-13-25-18(15-24)14-19(22-25)20(26)16-6-4-3-5-7-16/h3-7,14,17,20,26H,2,8-13,15H2,1H3/t20-/m1/s1. The van der Waals surface area contributed by atoms with Gasteiger partial charge in [-0.25, -0.2) is 4.79 Å². The monoisotopic (exact) mass is 384 g/mol. The summed E-state index contributed by atoms with van der Waals surface area (Å²) < 4.78 is 7.13. The Morgan fingerprint density at radius 2 is 1.96 bits per heavy atom. The lowest BCUT2D eigenvalue weighted by Crippen LogP contribution is -2.48. The van der Waals surface area contributed by atoms with Crippen LogP contribution in [0.1, 0.15) is 42.8 Å². The zero-order valence-corrected chi connectivity index (χ0v) is 16.3. The molecule has 7 nitrogen and oxygen atoms in total. The van der Waals surface area contributed by atoms with Crippen molar-refractivity contribution in [1.29, 1.82) is 0 Å². The van der Waals surface area contributed by atoms with Crippen molar-refractivity contribution in [2.45, 2.75) is 45.0 Å². The van der Waals surface area contributed by atoms with E-state index < -0.39 is 6.10 Å².